The van der Waals surface area contributed by atoms with Crippen LogP contribution in [0.2, 0.25) is 0 Å². The van der Waals surface area contributed by atoms with E-state index in [-0.39, 0.29) is 12.1 Å². The SMILES string of the molecule is CC(C)OC(=O)c1cc(-c2ccc(-c3ccccc3)cc2)nc2ccc(Br)cc12. The molecule has 4 aromatic rings. The summed E-state index contributed by atoms with van der Waals surface area (Å²) in [5, 5.41) is 0.773. The first-order valence-corrected chi connectivity index (χ1v) is 10.3. The Labute approximate surface area is 178 Å². The number of aromatic nitrogens is 1. The van der Waals surface area contributed by atoms with Crippen LogP contribution in [0.1, 0.15) is 24.2 Å². The topological polar surface area (TPSA) is 39.2 Å². The van der Waals surface area contributed by atoms with Gasteiger partial charge in [0.2, 0.25) is 0 Å². The third-order valence-electron chi connectivity index (χ3n) is 4.62. The van der Waals surface area contributed by atoms with Crippen molar-refractivity contribution in [2.75, 3.05) is 0 Å². The predicted molar refractivity (Wildman–Crippen MR) is 121 cm³/mol. The highest BCUT2D eigenvalue weighted by atomic mass is 79.9. The molecule has 0 saturated heterocycles. The van der Waals surface area contributed by atoms with Gasteiger partial charge in [-0.15, -0.1) is 0 Å². The molecule has 1 aromatic heterocycles. The maximum atomic E-state index is 12.7. The average Bonchev–Trinajstić information content (AvgIpc) is 2.73. The molecule has 0 radical (unpaired) electrons. The van der Waals surface area contributed by atoms with Crippen LogP contribution >= 0.6 is 15.9 Å². The monoisotopic (exact) mass is 445 g/mol. The Morgan fingerprint density at radius 3 is 2.21 bits per heavy atom. The molecule has 0 saturated carbocycles. The van der Waals surface area contributed by atoms with E-state index in [2.05, 4.69) is 40.2 Å². The molecule has 0 aliphatic heterocycles. The van der Waals surface area contributed by atoms with E-state index in [0.717, 1.165) is 37.8 Å². The van der Waals surface area contributed by atoms with Crippen molar-refractivity contribution < 1.29 is 9.53 Å². The van der Waals surface area contributed by atoms with E-state index in [4.69, 9.17) is 9.72 Å². The van der Waals surface area contributed by atoms with E-state index in [1.807, 2.05) is 68.4 Å². The Morgan fingerprint density at radius 2 is 1.52 bits per heavy atom. The molecular formula is C25H20BrNO2. The first-order valence-electron chi connectivity index (χ1n) is 9.48. The minimum absolute atomic E-state index is 0.188. The highest BCUT2D eigenvalue weighted by Gasteiger charge is 2.17. The summed E-state index contributed by atoms with van der Waals surface area (Å²) in [6.07, 6.45) is -0.188. The fourth-order valence-corrected chi connectivity index (χ4v) is 3.62. The molecule has 0 bridgehead atoms. The molecule has 0 amide bonds. The molecule has 1 heterocycles. The minimum atomic E-state index is -0.340. The van der Waals surface area contributed by atoms with Crippen molar-refractivity contribution in [2.24, 2.45) is 0 Å². The molecule has 0 atom stereocenters. The van der Waals surface area contributed by atoms with Crippen molar-refractivity contribution in [3.63, 3.8) is 0 Å². The number of hydrogen-bond donors (Lipinski definition) is 0. The second-order valence-electron chi connectivity index (χ2n) is 7.11. The van der Waals surface area contributed by atoms with Gasteiger partial charge in [0.15, 0.2) is 0 Å². The van der Waals surface area contributed by atoms with Gasteiger partial charge in [0.25, 0.3) is 0 Å². The van der Waals surface area contributed by atoms with Crippen LogP contribution in [0.3, 0.4) is 0 Å². The Hall–Kier alpha value is -2.98. The number of pyridine rings is 1. The van der Waals surface area contributed by atoms with E-state index in [1.54, 1.807) is 0 Å². The zero-order valence-electron chi connectivity index (χ0n) is 16.2. The van der Waals surface area contributed by atoms with Gasteiger partial charge in [-0.1, -0.05) is 70.5 Å². The van der Waals surface area contributed by atoms with Gasteiger partial charge >= 0.3 is 5.97 Å². The molecule has 0 aliphatic carbocycles. The molecule has 3 nitrogen and oxygen atoms in total. The number of nitrogens with zero attached hydrogens (tertiary/aromatic N) is 1. The average molecular weight is 446 g/mol. The summed E-state index contributed by atoms with van der Waals surface area (Å²) < 4.78 is 6.36. The second kappa shape index (κ2) is 8.18. The van der Waals surface area contributed by atoms with E-state index >= 15 is 0 Å². The van der Waals surface area contributed by atoms with Crippen molar-refractivity contribution in [2.45, 2.75) is 20.0 Å². The molecule has 29 heavy (non-hydrogen) atoms. The summed E-state index contributed by atoms with van der Waals surface area (Å²) in [4.78, 5) is 17.5. The summed E-state index contributed by atoms with van der Waals surface area (Å²) >= 11 is 3.48. The maximum absolute atomic E-state index is 12.7. The van der Waals surface area contributed by atoms with Crippen LogP contribution in [-0.4, -0.2) is 17.1 Å². The smallest absolute Gasteiger partial charge is 0.339 e. The van der Waals surface area contributed by atoms with Gasteiger partial charge in [0, 0.05) is 15.4 Å². The number of benzene rings is 3. The van der Waals surface area contributed by atoms with Crippen LogP contribution in [0, 0.1) is 0 Å². The van der Waals surface area contributed by atoms with E-state index < -0.39 is 0 Å². The summed E-state index contributed by atoms with van der Waals surface area (Å²) in [5.41, 5.74) is 5.28. The van der Waals surface area contributed by atoms with Crippen LogP contribution in [0.25, 0.3) is 33.3 Å². The first-order chi connectivity index (χ1) is 14.0. The number of rotatable bonds is 4. The van der Waals surface area contributed by atoms with E-state index in [1.165, 1.54) is 0 Å². The molecule has 0 N–H and O–H groups in total. The second-order valence-corrected chi connectivity index (χ2v) is 8.03. The number of esters is 1. The Kier molecular flexibility index (Phi) is 5.45. The van der Waals surface area contributed by atoms with E-state index in [0.29, 0.717) is 5.56 Å². The van der Waals surface area contributed by atoms with Crippen molar-refractivity contribution in [3.8, 4) is 22.4 Å². The third-order valence-corrected chi connectivity index (χ3v) is 5.11. The molecule has 0 aliphatic rings. The number of ether oxygens (including phenoxy) is 1. The molecule has 0 unspecified atom stereocenters. The molecule has 0 spiro atoms. The van der Waals surface area contributed by atoms with Crippen molar-refractivity contribution in [1.29, 1.82) is 0 Å². The Morgan fingerprint density at radius 1 is 0.862 bits per heavy atom. The van der Waals surface area contributed by atoms with Crippen molar-refractivity contribution >= 4 is 32.8 Å². The van der Waals surface area contributed by atoms with Gasteiger partial charge in [-0.2, -0.15) is 0 Å². The quantitative estimate of drug-likeness (QED) is 0.320. The lowest BCUT2D eigenvalue weighted by Crippen LogP contribution is -2.12. The Bertz CT molecular complexity index is 1170. The summed E-state index contributed by atoms with van der Waals surface area (Å²) in [6.45, 7) is 3.70. The van der Waals surface area contributed by atoms with E-state index in [9.17, 15) is 4.79 Å². The van der Waals surface area contributed by atoms with Gasteiger partial charge in [0.1, 0.15) is 0 Å². The molecular weight excluding hydrogens is 426 g/mol. The zero-order valence-corrected chi connectivity index (χ0v) is 17.8. The van der Waals surface area contributed by atoms with Gasteiger partial charge < -0.3 is 4.74 Å². The highest BCUT2D eigenvalue weighted by Crippen LogP contribution is 2.29. The number of carbonyl (C=O) groups excluding carboxylic acids is 1. The van der Waals surface area contributed by atoms with Crippen LogP contribution in [0.5, 0.6) is 0 Å². The lowest BCUT2D eigenvalue weighted by molar-refractivity contribution is 0.0380. The molecule has 4 rings (SSSR count). The predicted octanol–water partition coefficient (Wildman–Crippen LogP) is 6.90. The first kappa shape index (κ1) is 19.3. The fraction of sp³-hybridized carbons (Fsp3) is 0.120. The number of halogens is 1. The zero-order chi connectivity index (χ0) is 20.4. The molecule has 4 heteroatoms. The van der Waals surface area contributed by atoms with Gasteiger partial charge in [-0.3, -0.25) is 0 Å². The number of fused-ring (bicyclic) bond motifs is 1. The largest absolute Gasteiger partial charge is 0.459 e. The number of carbonyl (C=O) groups is 1. The van der Waals surface area contributed by atoms with Gasteiger partial charge in [0.05, 0.1) is 22.9 Å². The summed E-state index contributed by atoms with van der Waals surface area (Å²) in [5.74, 6) is -0.340. The minimum Gasteiger partial charge on any atom is -0.459 e. The third kappa shape index (κ3) is 4.22. The van der Waals surface area contributed by atoms with Gasteiger partial charge in [-0.05, 0) is 49.2 Å². The molecule has 3 aromatic carbocycles. The van der Waals surface area contributed by atoms with Crippen molar-refractivity contribution in [3.05, 3.63) is 88.9 Å². The summed E-state index contributed by atoms with van der Waals surface area (Å²) in [7, 11) is 0. The van der Waals surface area contributed by atoms with Crippen LogP contribution in [-0.2, 0) is 4.74 Å². The van der Waals surface area contributed by atoms with Gasteiger partial charge in [-0.25, -0.2) is 9.78 Å². The maximum Gasteiger partial charge on any atom is 0.339 e. The normalized spacial score (nSPS) is 11.0. The fourth-order valence-electron chi connectivity index (χ4n) is 3.26. The number of hydrogen-bond acceptors (Lipinski definition) is 3. The van der Waals surface area contributed by atoms with Crippen LogP contribution < -0.4 is 0 Å². The van der Waals surface area contributed by atoms with Crippen LogP contribution in [0.4, 0.5) is 0 Å². The summed E-state index contributed by atoms with van der Waals surface area (Å²) in [6, 6.07) is 26.0. The molecule has 0 fully saturated rings. The highest BCUT2D eigenvalue weighted by molar-refractivity contribution is 9.10. The molecule has 144 valence electrons. The lowest BCUT2D eigenvalue weighted by atomic mass is 10.0. The van der Waals surface area contributed by atoms with Crippen molar-refractivity contribution in [1.82, 2.24) is 4.98 Å². The van der Waals surface area contributed by atoms with Crippen LogP contribution in [0.15, 0.2) is 83.3 Å². The standard InChI is InChI=1S/C25H20BrNO2/c1-16(2)29-25(28)22-15-24(27-23-13-12-20(26)14-21(22)23)19-10-8-18(9-11-19)17-6-4-3-5-7-17/h3-16H,1-2H3. The Balaban J connectivity index is 1.79. The lowest BCUT2D eigenvalue weighted by Gasteiger charge is -2.12.